The minimum atomic E-state index is 1.16. The van der Waals surface area contributed by atoms with E-state index in [0.29, 0.717) is 0 Å². The number of unbranched alkanes of at least 4 members (excludes halogenated alkanes) is 3. The van der Waals surface area contributed by atoms with Gasteiger partial charge in [0.15, 0.2) is 0 Å². The molecule has 1 fully saturated rings. The predicted octanol–water partition coefficient (Wildman–Crippen LogP) is 2.59. The van der Waals surface area contributed by atoms with Gasteiger partial charge in [0, 0.05) is 31.9 Å². The van der Waals surface area contributed by atoms with Crippen LogP contribution in [-0.4, -0.2) is 51.2 Å². The van der Waals surface area contributed by atoms with Crippen molar-refractivity contribution in [2.45, 2.75) is 25.7 Å². The third kappa shape index (κ3) is 5.14. The molecule has 0 unspecified atom stereocenters. The average Bonchev–Trinajstić information content (AvgIpc) is 2.52. The summed E-state index contributed by atoms with van der Waals surface area (Å²) in [6, 6.07) is 10.8. The van der Waals surface area contributed by atoms with Gasteiger partial charge in [-0.3, -0.25) is 4.90 Å². The van der Waals surface area contributed by atoms with Crippen LogP contribution in [0.4, 0.5) is 5.69 Å². The fourth-order valence-electron chi connectivity index (χ4n) is 2.86. The summed E-state index contributed by atoms with van der Waals surface area (Å²) in [6.07, 6.45) is 5.42. The first-order valence-electron chi connectivity index (χ1n) is 8.07. The zero-order chi connectivity index (χ0) is 14.0. The Morgan fingerprint density at radius 1 is 0.900 bits per heavy atom. The Kier molecular flexibility index (Phi) is 6.89. The molecule has 0 aromatic heterocycles. The van der Waals surface area contributed by atoms with E-state index in [2.05, 4.69) is 45.4 Å². The van der Waals surface area contributed by atoms with Crippen molar-refractivity contribution in [1.82, 2.24) is 10.2 Å². The first-order chi connectivity index (χ1) is 9.90. The molecule has 1 aliphatic heterocycles. The van der Waals surface area contributed by atoms with Gasteiger partial charge in [-0.05, 0) is 45.1 Å². The van der Waals surface area contributed by atoms with Crippen LogP contribution >= 0.6 is 0 Å². The van der Waals surface area contributed by atoms with Crippen LogP contribution in [0.2, 0.25) is 0 Å². The van der Waals surface area contributed by atoms with Gasteiger partial charge in [0.2, 0.25) is 0 Å². The molecule has 1 N–H and O–H groups in total. The zero-order valence-corrected chi connectivity index (χ0v) is 12.9. The third-order valence-corrected chi connectivity index (χ3v) is 4.14. The minimum Gasteiger partial charge on any atom is -0.369 e. The molecule has 20 heavy (non-hydrogen) atoms. The number of hydrogen-bond donors (Lipinski definition) is 1. The van der Waals surface area contributed by atoms with E-state index in [1.54, 1.807) is 0 Å². The number of nitrogens with zero attached hydrogens (tertiary/aromatic N) is 2. The standard InChI is InChI=1S/C17H29N3/c1-18-11-7-2-3-8-12-19-13-15-20(16-14-19)17-9-5-4-6-10-17/h4-6,9-10,18H,2-3,7-8,11-16H2,1H3. The quantitative estimate of drug-likeness (QED) is 0.736. The van der Waals surface area contributed by atoms with Crippen LogP contribution < -0.4 is 10.2 Å². The normalized spacial score (nSPS) is 16.6. The molecule has 1 saturated heterocycles. The van der Waals surface area contributed by atoms with Crippen molar-refractivity contribution in [3.05, 3.63) is 30.3 Å². The predicted molar refractivity (Wildman–Crippen MR) is 87.5 cm³/mol. The average molecular weight is 275 g/mol. The summed E-state index contributed by atoms with van der Waals surface area (Å²) < 4.78 is 0. The lowest BCUT2D eigenvalue weighted by molar-refractivity contribution is 0.252. The second-order valence-electron chi connectivity index (χ2n) is 5.68. The van der Waals surface area contributed by atoms with E-state index in [9.17, 15) is 0 Å². The van der Waals surface area contributed by atoms with Crippen LogP contribution in [0.1, 0.15) is 25.7 Å². The molecule has 1 aromatic rings. The Morgan fingerprint density at radius 2 is 1.60 bits per heavy atom. The van der Waals surface area contributed by atoms with Gasteiger partial charge in [0.05, 0.1) is 0 Å². The first-order valence-corrected chi connectivity index (χ1v) is 8.07. The lowest BCUT2D eigenvalue weighted by Crippen LogP contribution is -2.46. The number of anilines is 1. The van der Waals surface area contributed by atoms with E-state index in [1.165, 1.54) is 64.1 Å². The molecule has 0 radical (unpaired) electrons. The molecule has 0 saturated carbocycles. The van der Waals surface area contributed by atoms with Gasteiger partial charge < -0.3 is 10.2 Å². The summed E-state index contributed by atoms with van der Waals surface area (Å²) in [5, 5.41) is 3.21. The van der Waals surface area contributed by atoms with E-state index >= 15 is 0 Å². The maximum Gasteiger partial charge on any atom is 0.0367 e. The Morgan fingerprint density at radius 3 is 2.30 bits per heavy atom. The molecule has 1 heterocycles. The lowest BCUT2D eigenvalue weighted by atomic mass is 10.1. The molecule has 0 atom stereocenters. The highest BCUT2D eigenvalue weighted by atomic mass is 15.3. The summed E-state index contributed by atoms with van der Waals surface area (Å²) in [5.74, 6) is 0. The van der Waals surface area contributed by atoms with Crippen LogP contribution in [-0.2, 0) is 0 Å². The monoisotopic (exact) mass is 275 g/mol. The topological polar surface area (TPSA) is 18.5 Å². The highest BCUT2D eigenvalue weighted by Gasteiger charge is 2.16. The van der Waals surface area contributed by atoms with Crippen LogP contribution in [0.15, 0.2) is 30.3 Å². The van der Waals surface area contributed by atoms with Gasteiger partial charge in [0.25, 0.3) is 0 Å². The fourth-order valence-corrected chi connectivity index (χ4v) is 2.86. The second-order valence-corrected chi connectivity index (χ2v) is 5.68. The van der Waals surface area contributed by atoms with Gasteiger partial charge in [-0.2, -0.15) is 0 Å². The Labute approximate surface area is 124 Å². The largest absolute Gasteiger partial charge is 0.369 e. The highest BCUT2D eigenvalue weighted by molar-refractivity contribution is 5.46. The van der Waals surface area contributed by atoms with Gasteiger partial charge in [0.1, 0.15) is 0 Å². The van der Waals surface area contributed by atoms with Crippen molar-refractivity contribution in [1.29, 1.82) is 0 Å². The fraction of sp³-hybridized carbons (Fsp3) is 0.647. The van der Waals surface area contributed by atoms with Crippen LogP contribution in [0.25, 0.3) is 0 Å². The number of nitrogens with one attached hydrogen (secondary N) is 1. The van der Waals surface area contributed by atoms with E-state index in [0.717, 1.165) is 6.54 Å². The summed E-state index contributed by atoms with van der Waals surface area (Å²) >= 11 is 0. The molecule has 3 nitrogen and oxygen atoms in total. The van der Waals surface area contributed by atoms with Crippen molar-refractivity contribution < 1.29 is 0 Å². The Hall–Kier alpha value is -1.06. The van der Waals surface area contributed by atoms with Crippen molar-refractivity contribution in [2.75, 3.05) is 51.2 Å². The highest BCUT2D eigenvalue weighted by Crippen LogP contribution is 2.15. The van der Waals surface area contributed by atoms with E-state index < -0.39 is 0 Å². The number of benzene rings is 1. The Bertz CT molecular complexity index is 345. The van der Waals surface area contributed by atoms with Crippen LogP contribution in [0, 0.1) is 0 Å². The summed E-state index contributed by atoms with van der Waals surface area (Å²) in [4.78, 5) is 5.13. The van der Waals surface area contributed by atoms with Crippen molar-refractivity contribution >= 4 is 5.69 Å². The van der Waals surface area contributed by atoms with Crippen LogP contribution in [0.3, 0.4) is 0 Å². The molecule has 0 amide bonds. The molecule has 0 aliphatic carbocycles. The number of para-hydroxylation sites is 1. The van der Waals surface area contributed by atoms with Crippen molar-refractivity contribution in [3.63, 3.8) is 0 Å². The maximum absolute atomic E-state index is 3.21. The van der Waals surface area contributed by atoms with Crippen LogP contribution in [0.5, 0.6) is 0 Å². The number of piperazine rings is 1. The summed E-state index contributed by atoms with van der Waals surface area (Å²) in [7, 11) is 2.03. The number of rotatable bonds is 8. The van der Waals surface area contributed by atoms with Gasteiger partial charge in [-0.15, -0.1) is 0 Å². The molecule has 2 rings (SSSR count). The lowest BCUT2D eigenvalue weighted by Gasteiger charge is -2.36. The second kappa shape index (κ2) is 8.98. The van der Waals surface area contributed by atoms with E-state index in [4.69, 9.17) is 0 Å². The molecule has 0 bridgehead atoms. The minimum absolute atomic E-state index is 1.16. The zero-order valence-electron chi connectivity index (χ0n) is 12.9. The molecular weight excluding hydrogens is 246 g/mol. The molecular formula is C17H29N3. The smallest absolute Gasteiger partial charge is 0.0367 e. The molecule has 3 heteroatoms. The summed E-state index contributed by atoms with van der Waals surface area (Å²) in [6.45, 7) is 7.21. The number of hydrogen-bond acceptors (Lipinski definition) is 3. The Balaban J connectivity index is 1.58. The maximum atomic E-state index is 3.21. The third-order valence-electron chi connectivity index (χ3n) is 4.14. The molecule has 0 spiro atoms. The molecule has 1 aliphatic rings. The van der Waals surface area contributed by atoms with Gasteiger partial charge in [-0.25, -0.2) is 0 Å². The van der Waals surface area contributed by atoms with E-state index in [-0.39, 0.29) is 0 Å². The van der Waals surface area contributed by atoms with Crippen molar-refractivity contribution in [2.24, 2.45) is 0 Å². The SMILES string of the molecule is CNCCCCCCN1CCN(c2ccccc2)CC1. The van der Waals surface area contributed by atoms with Crippen molar-refractivity contribution in [3.8, 4) is 0 Å². The molecule has 1 aromatic carbocycles. The molecule has 112 valence electrons. The summed E-state index contributed by atoms with van der Waals surface area (Å²) in [5.41, 5.74) is 1.37. The van der Waals surface area contributed by atoms with Gasteiger partial charge in [-0.1, -0.05) is 31.0 Å². The van der Waals surface area contributed by atoms with Gasteiger partial charge >= 0.3 is 0 Å². The van der Waals surface area contributed by atoms with E-state index in [1.807, 2.05) is 7.05 Å². The first kappa shape index (κ1) is 15.3.